The Morgan fingerprint density at radius 2 is 1.61 bits per heavy atom. The fourth-order valence-electron chi connectivity index (χ4n) is 2.03. The minimum atomic E-state index is -3.86. The van der Waals surface area contributed by atoms with Gasteiger partial charge in [-0.1, -0.05) is 46.1 Å². The second-order valence-corrected chi connectivity index (χ2v) is 8.50. The molecule has 3 aromatic rings. The lowest BCUT2D eigenvalue weighted by Gasteiger charge is -2.00. The van der Waals surface area contributed by atoms with Crippen molar-refractivity contribution in [1.29, 1.82) is 0 Å². The topological polar surface area (TPSA) is 51.4 Å². The summed E-state index contributed by atoms with van der Waals surface area (Å²) in [4.78, 5) is 0.349. The second kappa shape index (κ2) is 6.11. The summed E-state index contributed by atoms with van der Waals surface area (Å²) in [5, 5.41) is 1.43. The molecule has 2 aromatic carbocycles. The Bertz CT molecular complexity index is 1070. The van der Waals surface area contributed by atoms with E-state index in [4.69, 9.17) is 34.8 Å². The zero-order valence-corrected chi connectivity index (χ0v) is 15.5. The number of thiazole rings is 1. The van der Waals surface area contributed by atoms with Gasteiger partial charge in [-0.05, 0) is 36.4 Å². The maximum absolute atomic E-state index is 12.4. The van der Waals surface area contributed by atoms with Gasteiger partial charge in [-0.3, -0.25) is 0 Å². The third kappa shape index (κ3) is 3.14. The molecule has 9 heteroatoms. The van der Waals surface area contributed by atoms with Gasteiger partial charge in [0.05, 0.1) is 25.2 Å². The van der Waals surface area contributed by atoms with E-state index >= 15 is 0 Å². The highest BCUT2D eigenvalue weighted by Crippen LogP contribution is 2.31. The third-order valence-corrected chi connectivity index (χ3v) is 6.71. The molecule has 0 aliphatic rings. The molecule has 0 saturated carbocycles. The van der Waals surface area contributed by atoms with Gasteiger partial charge in [0.25, 0.3) is 10.0 Å². The minimum absolute atomic E-state index is 0.0663. The number of hydrogen-bond acceptors (Lipinski definition) is 3. The van der Waals surface area contributed by atoms with E-state index in [1.807, 2.05) is 0 Å². The van der Waals surface area contributed by atoms with Crippen LogP contribution in [0.5, 0.6) is 0 Å². The Kier molecular flexibility index (Phi) is 4.46. The van der Waals surface area contributed by atoms with E-state index in [0.29, 0.717) is 25.3 Å². The van der Waals surface area contributed by atoms with E-state index in [9.17, 15) is 8.42 Å². The lowest BCUT2D eigenvalue weighted by Crippen LogP contribution is -2.13. The summed E-state index contributed by atoms with van der Waals surface area (Å²) in [6.07, 6.45) is 0. The SMILES string of the molecule is Cn1/c(=N/S(=O)(=O)c2ccc(Cl)cc2)sc2c(Cl)ccc(Cl)c21. The van der Waals surface area contributed by atoms with Gasteiger partial charge in [-0.2, -0.15) is 8.42 Å². The number of halogens is 3. The second-order valence-electron chi connectivity index (χ2n) is 4.67. The molecule has 120 valence electrons. The van der Waals surface area contributed by atoms with Crippen molar-refractivity contribution in [2.45, 2.75) is 4.90 Å². The molecule has 0 aliphatic heterocycles. The van der Waals surface area contributed by atoms with Gasteiger partial charge in [0.2, 0.25) is 4.80 Å². The van der Waals surface area contributed by atoms with Crippen molar-refractivity contribution >= 4 is 66.4 Å². The van der Waals surface area contributed by atoms with Crippen molar-refractivity contribution in [3.63, 3.8) is 0 Å². The quantitative estimate of drug-likeness (QED) is 0.628. The van der Waals surface area contributed by atoms with Gasteiger partial charge in [0.15, 0.2) is 0 Å². The summed E-state index contributed by atoms with van der Waals surface area (Å²) in [6.45, 7) is 0. The predicted molar refractivity (Wildman–Crippen MR) is 95.0 cm³/mol. The molecule has 0 spiro atoms. The molecule has 0 fully saturated rings. The lowest BCUT2D eigenvalue weighted by atomic mass is 10.3. The largest absolute Gasteiger partial charge is 0.318 e. The number of nitrogens with zero attached hydrogens (tertiary/aromatic N) is 2. The van der Waals surface area contributed by atoms with Crippen LogP contribution in [-0.4, -0.2) is 13.0 Å². The average molecular weight is 408 g/mol. The minimum Gasteiger partial charge on any atom is -0.318 e. The average Bonchev–Trinajstić information content (AvgIpc) is 2.81. The van der Waals surface area contributed by atoms with E-state index in [2.05, 4.69) is 4.40 Å². The highest BCUT2D eigenvalue weighted by Gasteiger charge is 2.15. The fourth-order valence-corrected chi connectivity index (χ4v) is 5.04. The van der Waals surface area contributed by atoms with Gasteiger partial charge >= 0.3 is 0 Å². The number of fused-ring (bicyclic) bond motifs is 1. The van der Waals surface area contributed by atoms with E-state index in [-0.39, 0.29) is 9.70 Å². The van der Waals surface area contributed by atoms with Crippen LogP contribution < -0.4 is 4.80 Å². The molecular formula is C14H9Cl3N2O2S2. The van der Waals surface area contributed by atoms with Crippen molar-refractivity contribution in [3.05, 3.63) is 56.3 Å². The van der Waals surface area contributed by atoms with Crippen molar-refractivity contribution in [2.24, 2.45) is 11.4 Å². The smallest absolute Gasteiger partial charge is 0.285 e. The molecule has 1 aromatic heterocycles. The molecule has 0 unspecified atom stereocenters. The molecule has 0 radical (unpaired) electrons. The first-order valence-corrected chi connectivity index (χ1v) is 9.69. The van der Waals surface area contributed by atoms with Crippen LogP contribution in [0.15, 0.2) is 45.7 Å². The molecule has 0 N–H and O–H groups in total. The molecular weight excluding hydrogens is 399 g/mol. The third-order valence-electron chi connectivity index (χ3n) is 3.16. The first-order valence-electron chi connectivity index (χ1n) is 6.30. The van der Waals surface area contributed by atoms with Crippen LogP contribution in [0.3, 0.4) is 0 Å². The molecule has 3 rings (SSSR count). The first kappa shape index (κ1) is 16.8. The van der Waals surface area contributed by atoms with Crippen LogP contribution in [0, 0.1) is 0 Å². The number of rotatable bonds is 2. The highest BCUT2D eigenvalue weighted by atomic mass is 35.5. The molecule has 23 heavy (non-hydrogen) atoms. The molecule has 0 saturated heterocycles. The molecule has 0 bridgehead atoms. The van der Waals surface area contributed by atoms with Crippen LogP contribution in [0.4, 0.5) is 0 Å². The summed E-state index contributed by atoms with van der Waals surface area (Å²) >= 11 is 19.3. The molecule has 0 aliphatic carbocycles. The maximum atomic E-state index is 12.4. The summed E-state index contributed by atoms with van der Waals surface area (Å²) in [6, 6.07) is 9.16. The Labute approximate surface area is 151 Å². The molecule has 1 heterocycles. The van der Waals surface area contributed by atoms with E-state index in [0.717, 1.165) is 11.3 Å². The van der Waals surface area contributed by atoms with Gasteiger partial charge < -0.3 is 4.57 Å². The highest BCUT2D eigenvalue weighted by molar-refractivity contribution is 7.90. The number of hydrogen-bond donors (Lipinski definition) is 0. The van der Waals surface area contributed by atoms with Gasteiger partial charge in [0, 0.05) is 12.1 Å². The fraction of sp³-hybridized carbons (Fsp3) is 0.0714. The molecule has 0 amide bonds. The van der Waals surface area contributed by atoms with E-state index in [1.54, 1.807) is 23.7 Å². The summed E-state index contributed by atoms with van der Waals surface area (Å²) in [7, 11) is -2.16. The van der Waals surface area contributed by atoms with Crippen LogP contribution in [0.25, 0.3) is 10.2 Å². The van der Waals surface area contributed by atoms with Crippen LogP contribution in [0.1, 0.15) is 0 Å². The van der Waals surface area contributed by atoms with Gasteiger partial charge in [-0.15, -0.1) is 4.40 Å². The monoisotopic (exact) mass is 406 g/mol. The Morgan fingerprint density at radius 1 is 1.00 bits per heavy atom. The Balaban J connectivity index is 2.26. The van der Waals surface area contributed by atoms with Crippen molar-refractivity contribution < 1.29 is 8.42 Å². The molecule has 0 atom stereocenters. The Morgan fingerprint density at radius 3 is 2.22 bits per heavy atom. The standard InChI is InChI=1S/C14H9Cl3N2O2S2/c1-19-12-10(16)6-7-11(17)13(12)22-14(19)18-23(20,21)9-4-2-8(15)3-5-9/h2-7H,1H3/b18-14-. The number of sulfonamides is 1. The molecule has 4 nitrogen and oxygen atoms in total. The number of benzene rings is 2. The van der Waals surface area contributed by atoms with Crippen molar-refractivity contribution in [2.75, 3.05) is 0 Å². The maximum Gasteiger partial charge on any atom is 0.285 e. The number of aromatic nitrogens is 1. The summed E-state index contributed by atoms with van der Waals surface area (Å²) in [5.41, 5.74) is 0.647. The lowest BCUT2D eigenvalue weighted by molar-refractivity contribution is 0.596. The predicted octanol–water partition coefficient (Wildman–Crippen LogP) is 4.49. The van der Waals surface area contributed by atoms with Crippen molar-refractivity contribution in [3.8, 4) is 0 Å². The van der Waals surface area contributed by atoms with Crippen LogP contribution in [-0.2, 0) is 17.1 Å². The van der Waals surface area contributed by atoms with Crippen molar-refractivity contribution in [1.82, 2.24) is 4.57 Å². The van der Waals surface area contributed by atoms with E-state index in [1.165, 1.54) is 24.3 Å². The zero-order valence-electron chi connectivity index (χ0n) is 11.6. The van der Waals surface area contributed by atoms with Gasteiger partial charge in [-0.25, -0.2) is 0 Å². The first-order chi connectivity index (χ1) is 10.8. The number of aryl methyl sites for hydroxylation is 1. The Hall–Kier alpha value is -1.05. The van der Waals surface area contributed by atoms with Crippen LogP contribution in [0.2, 0.25) is 15.1 Å². The summed E-state index contributed by atoms with van der Waals surface area (Å²) < 4.78 is 31.1. The zero-order chi connectivity index (χ0) is 16.8. The normalized spacial score (nSPS) is 13.0. The summed E-state index contributed by atoms with van der Waals surface area (Å²) in [5.74, 6) is 0. The van der Waals surface area contributed by atoms with Gasteiger partial charge in [0.1, 0.15) is 0 Å². The van der Waals surface area contributed by atoms with Crippen LogP contribution >= 0.6 is 46.1 Å². The van der Waals surface area contributed by atoms with E-state index < -0.39 is 10.0 Å².